The quantitative estimate of drug-likeness (QED) is 0.860. The first-order valence-corrected chi connectivity index (χ1v) is 5.23. The van der Waals surface area contributed by atoms with Crippen LogP contribution in [0.15, 0.2) is 24.3 Å². The van der Waals surface area contributed by atoms with Crippen LogP contribution in [0.3, 0.4) is 0 Å². The van der Waals surface area contributed by atoms with Crippen LogP contribution in [-0.2, 0) is 6.18 Å². The van der Waals surface area contributed by atoms with Gasteiger partial charge in [0.25, 0.3) is 0 Å². The Kier molecular flexibility index (Phi) is 4.67. The van der Waals surface area contributed by atoms with Gasteiger partial charge in [0.05, 0.1) is 12.2 Å². The molecule has 1 rings (SSSR count). The molecule has 0 spiro atoms. The van der Waals surface area contributed by atoms with E-state index in [1.165, 1.54) is 0 Å². The molecule has 0 aromatic heterocycles. The summed E-state index contributed by atoms with van der Waals surface area (Å²) >= 11 is 0. The van der Waals surface area contributed by atoms with Crippen molar-refractivity contribution >= 4 is 5.69 Å². The fourth-order valence-corrected chi connectivity index (χ4v) is 1.50. The number of hydrogen-bond donors (Lipinski definition) is 1. The molecule has 0 saturated heterocycles. The summed E-state index contributed by atoms with van der Waals surface area (Å²) in [5.41, 5.74) is -0.966. The van der Waals surface area contributed by atoms with Crippen LogP contribution in [0.5, 0.6) is 0 Å². The summed E-state index contributed by atoms with van der Waals surface area (Å²) in [5.74, 6) is 0. The minimum Gasteiger partial charge on any atom is -0.395 e. The lowest BCUT2D eigenvalue weighted by atomic mass is 10.2. The van der Waals surface area contributed by atoms with Gasteiger partial charge in [0.1, 0.15) is 6.54 Å². The normalized spacial score (nSPS) is 12.6. The van der Waals surface area contributed by atoms with Gasteiger partial charge in [0, 0.05) is 12.2 Å². The summed E-state index contributed by atoms with van der Waals surface area (Å²) in [6.45, 7) is -2.18. The SMILES string of the molecule is OCCN(CC(F)(F)F)c1ccc(C(F)(F)F)cc1. The molecule has 1 N–H and O–H groups in total. The molecule has 0 amide bonds. The lowest BCUT2D eigenvalue weighted by molar-refractivity contribution is -0.137. The van der Waals surface area contributed by atoms with E-state index in [4.69, 9.17) is 5.11 Å². The largest absolute Gasteiger partial charge is 0.416 e. The molecule has 0 bridgehead atoms. The first-order valence-electron chi connectivity index (χ1n) is 5.23. The number of aliphatic hydroxyl groups is 1. The number of halogens is 6. The van der Waals surface area contributed by atoms with E-state index in [-0.39, 0.29) is 12.2 Å². The highest BCUT2D eigenvalue weighted by Crippen LogP contribution is 2.31. The molecule has 0 aliphatic rings. The Hall–Kier alpha value is -1.44. The Morgan fingerprint density at radius 3 is 1.84 bits per heavy atom. The Balaban J connectivity index is 2.91. The maximum atomic E-state index is 12.3. The summed E-state index contributed by atoms with van der Waals surface area (Å²) in [7, 11) is 0. The smallest absolute Gasteiger partial charge is 0.395 e. The molecule has 108 valence electrons. The predicted molar refractivity (Wildman–Crippen MR) is 56.8 cm³/mol. The highest BCUT2D eigenvalue weighted by atomic mass is 19.4. The molecule has 0 saturated carbocycles. The van der Waals surface area contributed by atoms with Crippen molar-refractivity contribution < 1.29 is 31.4 Å². The number of anilines is 1. The molecular formula is C11H11F6NO. The molecule has 1 aromatic carbocycles. The third kappa shape index (κ3) is 4.98. The Morgan fingerprint density at radius 1 is 0.947 bits per heavy atom. The van der Waals surface area contributed by atoms with Gasteiger partial charge >= 0.3 is 12.4 Å². The van der Waals surface area contributed by atoms with Crippen molar-refractivity contribution in [3.05, 3.63) is 29.8 Å². The van der Waals surface area contributed by atoms with Crippen molar-refractivity contribution in [3.63, 3.8) is 0 Å². The monoisotopic (exact) mass is 287 g/mol. The lowest BCUT2D eigenvalue weighted by Crippen LogP contribution is -2.36. The first-order chi connectivity index (χ1) is 8.63. The second-order valence-electron chi connectivity index (χ2n) is 3.80. The molecular weight excluding hydrogens is 276 g/mol. The summed E-state index contributed by atoms with van der Waals surface area (Å²) in [6, 6.07) is 3.31. The molecule has 0 atom stereocenters. The van der Waals surface area contributed by atoms with Gasteiger partial charge in [-0.25, -0.2) is 0 Å². The van der Waals surface area contributed by atoms with E-state index in [1.54, 1.807) is 0 Å². The van der Waals surface area contributed by atoms with Crippen LogP contribution in [0.25, 0.3) is 0 Å². The van der Waals surface area contributed by atoms with Gasteiger partial charge in [0.2, 0.25) is 0 Å². The van der Waals surface area contributed by atoms with Crippen LogP contribution < -0.4 is 4.90 Å². The van der Waals surface area contributed by atoms with Crippen molar-refractivity contribution in [2.45, 2.75) is 12.4 Å². The van der Waals surface area contributed by atoms with Crippen molar-refractivity contribution in [1.82, 2.24) is 0 Å². The molecule has 0 aliphatic carbocycles. The maximum Gasteiger partial charge on any atom is 0.416 e. The Morgan fingerprint density at radius 2 is 1.47 bits per heavy atom. The number of nitrogens with zero attached hydrogens (tertiary/aromatic N) is 1. The summed E-state index contributed by atoms with van der Waals surface area (Å²) in [6.07, 6.45) is -9.04. The van der Waals surface area contributed by atoms with Gasteiger partial charge in [-0.15, -0.1) is 0 Å². The van der Waals surface area contributed by atoms with Gasteiger partial charge < -0.3 is 10.0 Å². The zero-order valence-electron chi connectivity index (χ0n) is 9.59. The lowest BCUT2D eigenvalue weighted by Gasteiger charge is -2.25. The average Bonchev–Trinajstić information content (AvgIpc) is 2.26. The molecule has 0 heterocycles. The van der Waals surface area contributed by atoms with Gasteiger partial charge in [-0.2, -0.15) is 26.3 Å². The minimum absolute atomic E-state index is 0.0284. The molecule has 1 aromatic rings. The van der Waals surface area contributed by atoms with Crippen LogP contribution in [0.2, 0.25) is 0 Å². The summed E-state index contributed by atoms with van der Waals surface area (Å²) in [5, 5.41) is 8.69. The minimum atomic E-state index is -4.54. The fourth-order valence-electron chi connectivity index (χ4n) is 1.50. The van der Waals surface area contributed by atoms with Crippen LogP contribution in [0.4, 0.5) is 32.0 Å². The van der Waals surface area contributed by atoms with Crippen LogP contribution in [-0.4, -0.2) is 31.0 Å². The van der Waals surface area contributed by atoms with E-state index in [9.17, 15) is 26.3 Å². The van der Waals surface area contributed by atoms with E-state index in [1.807, 2.05) is 0 Å². The highest BCUT2D eigenvalue weighted by molar-refractivity contribution is 5.48. The summed E-state index contributed by atoms with van der Waals surface area (Å²) in [4.78, 5) is 0.764. The molecule has 0 fully saturated rings. The van der Waals surface area contributed by atoms with E-state index >= 15 is 0 Å². The van der Waals surface area contributed by atoms with Gasteiger partial charge in [-0.3, -0.25) is 0 Å². The number of rotatable bonds is 4. The third-order valence-electron chi connectivity index (χ3n) is 2.30. The average molecular weight is 287 g/mol. The molecule has 8 heteroatoms. The topological polar surface area (TPSA) is 23.5 Å². The van der Waals surface area contributed by atoms with Crippen molar-refractivity contribution in [3.8, 4) is 0 Å². The van der Waals surface area contributed by atoms with E-state index in [2.05, 4.69) is 0 Å². The predicted octanol–water partition coefficient (Wildman–Crippen LogP) is 3.07. The van der Waals surface area contributed by atoms with Crippen LogP contribution >= 0.6 is 0 Å². The van der Waals surface area contributed by atoms with Crippen molar-refractivity contribution in [2.75, 3.05) is 24.6 Å². The fraction of sp³-hybridized carbons (Fsp3) is 0.455. The number of alkyl halides is 6. The van der Waals surface area contributed by atoms with Crippen molar-refractivity contribution in [2.24, 2.45) is 0 Å². The second kappa shape index (κ2) is 5.68. The van der Waals surface area contributed by atoms with Crippen LogP contribution in [0, 0.1) is 0 Å². The molecule has 0 unspecified atom stereocenters. The summed E-state index contributed by atoms with van der Waals surface area (Å²) < 4.78 is 73.8. The van der Waals surface area contributed by atoms with Crippen molar-refractivity contribution in [1.29, 1.82) is 0 Å². The first kappa shape index (κ1) is 15.6. The molecule has 19 heavy (non-hydrogen) atoms. The van der Waals surface area contributed by atoms with Gasteiger partial charge in [0.15, 0.2) is 0 Å². The molecule has 0 aliphatic heterocycles. The molecule has 2 nitrogen and oxygen atoms in total. The number of aliphatic hydroxyl groups excluding tert-OH is 1. The van der Waals surface area contributed by atoms with Crippen LogP contribution in [0.1, 0.15) is 5.56 Å². The molecule has 0 radical (unpaired) electrons. The van der Waals surface area contributed by atoms with Gasteiger partial charge in [-0.05, 0) is 24.3 Å². The van der Waals surface area contributed by atoms with E-state index < -0.39 is 31.1 Å². The van der Waals surface area contributed by atoms with E-state index in [0.29, 0.717) is 12.1 Å². The number of hydrogen-bond acceptors (Lipinski definition) is 2. The van der Waals surface area contributed by atoms with Gasteiger partial charge in [-0.1, -0.05) is 0 Å². The third-order valence-corrected chi connectivity index (χ3v) is 2.30. The highest BCUT2D eigenvalue weighted by Gasteiger charge is 2.32. The Labute approximate surface area is 105 Å². The zero-order chi connectivity index (χ0) is 14.7. The van der Waals surface area contributed by atoms with E-state index in [0.717, 1.165) is 17.0 Å². The zero-order valence-corrected chi connectivity index (χ0v) is 9.59. The maximum absolute atomic E-state index is 12.3. The standard InChI is InChI=1S/C11H11F6NO/c12-10(13,14)7-18(5-6-19)9-3-1-8(2-4-9)11(15,16)17/h1-4,19H,5-7H2. The number of benzene rings is 1. The second-order valence-corrected chi connectivity index (χ2v) is 3.80. The Bertz CT molecular complexity index is 397.